The number of amides is 2. The van der Waals surface area contributed by atoms with Gasteiger partial charge in [0, 0.05) is 21.2 Å². The molecule has 3 aliphatic rings. The van der Waals surface area contributed by atoms with Gasteiger partial charge in [-0.25, -0.2) is 0 Å². The van der Waals surface area contributed by atoms with Gasteiger partial charge >= 0.3 is 11.9 Å². The number of nitrogens with zero attached hydrogens (tertiary/aromatic N) is 4. The van der Waals surface area contributed by atoms with Gasteiger partial charge in [0.15, 0.2) is 0 Å². The Morgan fingerprint density at radius 3 is 2.23 bits per heavy atom. The smallest absolute Gasteiger partial charge is 0.341 e. The van der Waals surface area contributed by atoms with Gasteiger partial charge < -0.3 is 10.2 Å². The van der Waals surface area contributed by atoms with Gasteiger partial charge in [0.1, 0.15) is 23.0 Å². The number of aliphatic imine (C=N–C) groups is 1. The minimum atomic E-state index is -0.651. The van der Waals surface area contributed by atoms with Crippen LogP contribution < -0.4 is 5.32 Å². The lowest BCUT2D eigenvalue weighted by molar-refractivity contribution is -0.133. The van der Waals surface area contributed by atoms with E-state index in [1.807, 2.05) is 24.3 Å². The molecular weight excluding hydrogens is 581 g/mol. The normalized spacial score (nSPS) is 22.3. The highest BCUT2D eigenvalue weighted by Crippen LogP contribution is 2.50. The van der Waals surface area contributed by atoms with Gasteiger partial charge in [0.05, 0.1) is 6.04 Å². The highest BCUT2D eigenvalue weighted by atomic mass is 35.5. The average Bonchev–Trinajstić information content (AvgIpc) is 3.18. The van der Waals surface area contributed by atoms with E-state index in [0.29, 0.717) is 44.4 Å². The highest BCUT2D eigenvalue weighted by molar-refractivity contribution is 6.47. The van der Waals surface area contributed by atoms with Crippen LogP contribution in [0.2, 0.25) is 10.0 Å². The van der Waals surface area contributed by atoms with Crippen molar-refractivity contribution in [3.8, 4) is 0 Å². The minimum Gasteiger partial charge on any atom is -0.341 e. The summed E-state index contributed by atoms with van der Waals surface area (Å²) in [5.74, 6) is 0.720. The Balaban J connectivity index is 1.50. The molecule has 1 fully saturated rings. The Hall–Kier alpha value is -3.12. The molecule has 0 saturated heterocycles. The fraction of sp³-hybridized carbons (Fsp3) is 0.500. The number of nitrogens with one attached hydrogen (secondary N) is 1. The maximum Gasteiger partial charge on any atom is 0.451 e. The predicted molar refractivity (Wildman–Crippen MR) is 171 cm³/mol. The molecule has 2 aliphatic heterocycles. The molecule has 1 saturated carbocycles. The molecule has 1 spiro atoms. The van der Waals surface area contributed by atoms with Crippen molar-refractivity contribution in [2.24, 2.45) is 32.5 Å². The van der Waals surface area contributed by atoms with E-state index in [1.54, 1.807) is 18.2 Å². The van der Waals surface area contributed by atoms with Crippen molar-refractivity contribution in [2.75, 3.05) is 6.54 Å². The van der Waals surface area contributed by atoms with E-state index in [1.165, 1.54) is 0 Å². The van der Waals surface area contributed by atoms with Crippen molar-refractivity contribution in [1.82, 2.24) is 10.2 Å². The molecule has 226 valence electrons. The quantitative estimate of drug-likeness (QED) is 0.285. The summed E-state index contributed by atoms with van der Waals surface area (Å²) in [7, 11) is 0. The lowest BCUT2D eigenvalue weighted by Gasteiger charge is -2.47. The summed E-state index contributed by atoms with van der Waals surface area (Å²) in [4.78, 5) is 34.6. The summed E-state index contributed by atoms with van der Waals surface area (Å²) < 4.78 is 0. The van der Waals surface area contributed by atoms with E-state index in [-0.39, 0.29) is 29.8 Å². The average molecular weight is 622 g/mol. The number of hydrogen-bond acceptors (Lipinski definition) is 5. The summed E-state index contributed by atoms with van der Waals surface area (Å²) in [6, 6.07) is 12.6. The Morgan fingerprint density at radius 1 is 1.07 bits per heavy atom. The minimum absolute atomic E-state index is 0.0951. The van der Waals surface area contributed by atoms with Crippen LogP contribution in [0, 0.1) is 23.5 Å². The van der Waals surface area contributed by atoms with Crippen LogP contribution in [-0.2, 0) is 4.79 Å². The van der Waals surface area contributed by atoms with Crippen LogP contribution in [0.5, 0.6) is 0 Å². The molecule has 9 heteroatoms. The molecule has 43 heavy (non-hydrogen) atoms. The van der Waals surface area contributed by atoms with Gasteiger partial charge in [0.25, 0.3) is 11.8 Å². The van der Waals surface area contributed by atoms with E-state index in [9.17, 15) is 9.59 Å². The van der Waals surface area contributed by atoms with Gasteiger partial charge in [-0.05, 0) is 96.8 Å². The van der Waals surface area contributed by atoms with Gasteiger partial charge in [-0.1, -0.05) is 70.0 Å². The van der Waals surface area contributed by atoms with Crippen LogP contribution in [0.15, 0.2) is 63.4 Å². The summed E-state index contributed by atoms with van der Waals surface area (Å²) in [5, 5.41) is 11.2. The third-order valence-electron chi connectivity index (χ3n) is 8.99. The zero-order valence-corrected chi connectivity index (χ0v) is 27.1. The van der Waals surface area contributed by atoms with E-state index in [4.69, 9.17) is 28.2 Å². The fourth-order valence-electron chi connectivity index (χ4n) is 6.48. The summed E-state index contributed by atoms with van der Waals surface area (Å²) >= 11 is 12.8. The second kappa shape index (κ2) is 12.5. The lowest BCUT2D eigenvalue weighted by atomic mass is 9.69. The predicted octanol–water partition coefficient (Wildman–Crippen LogP) is 8.57. The molecule has 0 aromatic heterocycles. The van der Waals surface area contributed by atoms with Gasteiger partial charge in [-0.2, -0.15) is 0 Å². The molecule has 0 radical (unpaired) electrons. The molecule has 2 heterocycles. The van der Waals surface area contributed by atoms with Crippen LogP contribution in [0.25, 0.3) is 0 Å². The van der Waals surface area contributed by atoms with Gasteiger partial charge in [-0.3, -0.25) is 14.6 Å². The molecule has 5 rings (SSSR count). The van der Waals surface area contributed by atoms with Crippen LogP contribution in [-0.4, -0.2) is 34.6 Å². The number of benzene rings is 2. The van der Waals surface area contributed by atoms with Gasteiger partial charge in [0.2, 0.25) is 0 Å². The fourth-order valence-corrected chi connectivity index (χ4v) is 7.00. The Bertz CT molecular complexity index is 1440. The Kier molecular flexibility index (Phi) is 9.08. The molecule has 1 unspecified atom stereocenters. The monoisotopic (exact) mass is 620 g/mol. The van der Waals surface area contributed by atoms with E-state index < -0.39 is 5.66 Å². The van der Waals surface area contributed by atoms with E-state index in [2.05, 4.69) is 61.3 Å². The molecular formula is C34H40Cl2N5O2+. The largest absolute Gasteiger partial charge is 0.451 e. The van der Waals surface area contributed by atoms with Crippen molar-refractivity contribution in [2.45, 2.75) is 84.8 Å². The van der Waals surface area contributed by atoms with E-state index >= 15 is 0 Å². The second-order valence-electron chi connectivity index (χ2n) is 13.5. The summed E-state index contributed by atoms with van der Waals surface area (Å²) in [6.07, 6.45) is 7.98. The maximum atomic E-state index is 14.5. The number of carbonyl (C=O) groups excluding carboxylic acids is 2. The molecule has 0 bridgehead atoms. The number of azo groups is 1. The number of carbonyl (C=O) groups is 2. The van der Waals surface area contributed by atoms with Crippen LogP contribution in [0.3, 0.4) is 0 Å². The zero-order chi connectivity index (χ0) is 30.9. The van der Waals surface area contributed by atoms with Crippen molar-refractivity contribution < 1.29 is 9.59 Å². The molecule has 1 N–H and O–H groups in total. The molecule has 2 aromatic rings. The molecule has 1 atom stereocenters. The SMILES string of the molecule is CC(C)CCC(c1ccc(C(=O)NCC2=[C+]N=N2)cc1)N1C(=O)C(c2cc(Cl)cc(Cl)c2)=NC12CCC(C(C)(C)C)CC2. The molecule has 7 nitrogen and oxygen atoms in total. The first-order valence-electron chi connectivity index (χ1n) is 15.2. The maximum absolute atomic E-state index is 14.5. The van der Waals surface area contributed by atoms with Crippen molar-refractivity contribution in [3.63, 3.8) is 0 Å². The summed E-state index contributed by atoms with van der Waals surface area (Å²) in [6.45, 7) is 11.6. The lowest BCUT2D eigenvalue weighted by Crippen LogP contribution is -2.51. The number of rotatable bonds is 9. The Morgan fingerprint density at radius 2 is 1.70 bits per heavy atom. The van der Waals surface area contributed by atoms with Crippen molar-refractivity contribution >= 4 is 40.7 Å². The first-order chi connectivity index (χ1) is 20.4. The molecule has 2 aromatic carbocycles. The number of halogens is 2. The molecule has 1 aliphatic carbocycles. The topological polar surface area (TPSA) is 86.5 Å². The summed E-state index contributed by atoms with van der Waals surface area (Å²) in [5.41, 5.74) is 2.76. The van der Waals surface area contributed by atoms with Crippen molar-refractivity contribution in [3.05, 3.63) is 81.1 Å². The third kappa shape index (κ3) is 6.85. The van der Waals surface area contributed by atoms with Crippen LogP contribution >= 0.6 is 23.2 Å². The van der Waals surface area contributed by atoms with Crippen molar-refractivity contribution in [1.29, 1.82) is 0 Å². The first-order valence-corrected chi connectivity index (χ1v) is 15.9. The van der Waals surface area contributed by atoms with Gasteiger partial charge in [-0.15, -0.1) is 0 Å². The second-order valence-corrected chi connectivity index (χ2v) is 14.3. The van der Waals surface area contributed by atoms with Crippen LogP contribution in [0.4, 0.5) is 0 Å². The first kappa shape index (κ1) is 31.3. The zero-order valence-electron chi connectivity index (χ0n) is 25.6. The van der Waals surface area contributed by atoms with Crippen LogP contribution in [0.1, 0.15) is 101 Å². The number of hydrogen-bond donors (Lipinski definition) is 1. The third-order valence-corrected chi connectivity index (χ3v) is 9.43. The highest BCUT2D eigenvalue weighted by Gasteiger charge is 2.52. The van der Waals surface area contributed by atoms with E-state index in [0.717, 1.165) is 44.1 Å². The molecule has 2 amide bonds. The standard InChI is InChI=1S/C34H39Cl2N5O2/c1-21(2)6-11-29(22-7-9-23(10-8-22)31(42)37-19-28-20-38-40-28)41-32(43)30(24-16-26(35)18-27(36)17-24)39-34(41)14-12-25(13-15-34)33(3,4)5/h7-10,16-18,21,25,29H,6,11-15,19H2,1-5H3/p+1. The Labute approximate surface area is 264 Å².